The lowest BCUT2D eigenvalue weighted by Crippen LogP contribution is -2.41. The van der Waals surface area contributed by atoms with Gasteiger partial charge in [-0.15, -0.1) is 0 Å². The van der Waals surface area contributed by atoms with Gasteiger partial charge in [0.25, 0.3) is 0 Å². The van der Waals surface area contributed by atoms with Gasteiger partial charge >= 0.3 is 0 Å². The van der Waals surface area contributed by atoms with Crippen molar-refractivity contribution in [1.82, 2.24) is 4.90 Å². The van der Waals surface area contributed by atoms with Gasteiger partial charge < -0.3 is 4.90 Å². The second kappa shape index (κ2) is 4.43. The van der Waals surface area contributed by atoms with Crippen LogP contribution in [0.5, 0.6) is 0 Å². The molecule has 2 nitrogen and oxygen atoms in total. The molecule has 0 N–H and O–H groups in total. The Balaban J connectivity index is 1.78. The molecule has 0 aromatic rings. The molecule has 1 aliphatic carbocycles. The van der Waals surface area contributed by atoms with Gasteiger partial charge in [0, 0.05) is 19.0 Å². The number of hydrogen-bond donors (Lipinski definition) is 0. The molecule has 0 aromatic heterocycles. The molecule has 0 bridgehead atoms. The van der Waals surface area contributed by atoms with Crippen LogP contribution < -0.4 is 0 Å². The molecule has 0 amide bonds. The summed E-state index contributed by atoms with van der Waals surface area (Å²) in [5.41, 5.74) is 0. The van der Waals surface area contributed by atoms with Crippen molar-refractivity contribution in [1.29, 1.82) is 0 Å². The fraction of sp³-hybridized carbons (Fsp3) is 0.917. The van der Waals surface area contributed by atoms with E-state index in [1.54, 1.807) is 6.92 Å². The Hall–Kier alpha value is -0.370. The lowest BCUT2D eigenvalue weighted by molar-refractivity contribution is -0.122. The quantitative estimate of drug-likeness (QED) is 0.687. The number of piperidine rings is 1. The van der Waals surface area contributed by atoms with Crippen LogP contribution in [0, 0.1) is 11.8 Å². The number of carbonyl (C=O) groups excluding carboxylic acids is 1. The van der Waals surface area contributed by atoms with Gasteiger partial charge in [0.15, 0.2) is 0 Å². The van der Waals surface area contributed by atoms with E-state index in [-0.39, 0.29) is 0 Å². The third-order valence-corrected chi connectivity index (χ3v) is 3.82. The number of nitrogens with zero attached hydrogens (tertiary/aromatic N) is 1. The van der Waals surface area contributed by atoms with E-state index in [0.717, 1.165) is 18.9 Å². The van der Waals surface area contributed by atoms with E-state index in [1.165, 1.54) is 38.8 Å². The second-order valence-corrected chi connectivity index (χ2v) is 5.01. The first-order valence-electron chi connectivity index (χ1n) is 5.98. The number of likely N-dealkylation sites (tertiary alicyclic amines) is 1. The van der Waals surface area contributed by atoms with Crippen LogP contribution in [0.1, 0.15) is 39.0 Å². The van der Waals surface area contributed by atoms with Gasteiger partial charge in [0.1, 0.15) is 5.78 Å². The van der Waals surface area contributed by atoms with Gasteiger partial charge in [-0.05, 0) is 45.1 Å². The van der Waals surface area contributed by atoms with Crippen molar-refractivity contribution >= 4 is 5.78 Å². The molecule has 1 saturated carbocycles. The van der Waals surface area contributed by atoms with Crippen molar-refractivity contribution in [2.75, 3.05) is 19.6 Å². The van der Waals surface area contributed by atoms with Crippen molar-refractivity contribution in [2.24, 2.45) is 11.8 Å². The summed E-state index contributed by atoms with van der Waals surface area (Å²) >= 11 is 0. The maximum Gasteiger partial charge on any atom is 0.134 e. The van der Waals surface area contributed by atoms with Crippen LogP contribution in [0.3, 0.4) is 0 Å². The zero-order chi connectivity index (χ0) is 9.97. The monoisotopic (exact) mass is 195 g/mol. The van der Waals surface area contributed by atoms with Crippen LogP contribution in [0.15, 0.2) is 0 Å². The van der Waals surface area contributed by atoms with Crippen molar-refractivity contribution in [3.63, 3.8) is 0 Å². The van der Waals surface area contributed by atoms with E-state index in [9.17, 15) is 4.79 Å². The summed E-state index contributed by atoms with van der Waals surface area (Å²) in [6, 6.07) is 0. The molecule has 14 heavy (non-hydrogen) atoms. The Bertz CT molecular complexity index is 210. The molecule has 2 rings (SSSR count). The van der Waals surface area contributed by atoms with Crippen molar-refractivity contribution in [3.05, 3.63) is 0 Å². The van der Waals surface area contributed by atoms with Crippen molar-refractivity contribution in [3.8, 4) is 0 Å². The number of rotatable bonds is 3. The maximum atomic E-state index is 11.3. The molecule has 1 atom stereocenters. The van der Waals surface area contributed by atoms with E-state index < -0.39 is 0 Å². The van der Waals surface area contributed by atoms with Crippen LogP contribution >= 0.6 is 0 Å². The summed E-state index contributed by atoms with van der Waals surface area (Å²) < 4.78 is 0. The summed E-state index contributed by atoms with van der Waals surface area (Å²) in [4.78, 5) is 13.8. The minimum Gasteiger partial charge on any atom is -0.302 e. The molecule has 1 heterocycles. The summed E-state index contributed by atoms with van der Waals surface area (Å²) in [7, 11) is 0. The molecule has 0 aromatic carbocycles. The van der Waals surface area contributed by atoms with E-state index >= 15 is 0 Å². The van der Waals surface area contributed by atoms with E-state index in [1.807, 2.05) is 0 Å². The smallest absolute Gasteiger partial charge is 0.134 e. The number of carbonyl (C=O) groups is 1. The first-order valence-corrected chi connectivity index (χ1v) is 5.98. The SMILES string of the molecule is CC(=O)C1CCCN(CC2CCC2)C1. The average Bonchev–Trinajstić information content (AvgIpc) is 2.12. The van der Waals surface area contributed by atoms with E-state index in [0.29, 0.717) is 11.7 Å². The van der Waals surface area contributed by atoms with Gasteiger partial charge in [-0.1, -0.05) is 6.42 Å². The first-order chi connectivity index (χ1) is 6.75. The maximum absolute atomic E-state index is 11.3. The van der Waals surface area contributed by atoms with Crippen molar-refractivity contribution < 1.29 is 4.79 Å². The first kappa shape index (κ1) is 10.2. The molecular formula is C12H21NO. The minimum absolute atomic E-state index is 0.337. The molecule has 0 radical (unpaired) electrons. The van der Waals surface area contributed by atoms with Gasteiger partial charge in [-0.2, -0.15) is 0 Å². The number of Topliss-reactive ketones (excluding diaryl/α,β-unsaturated/α-hetero) is 1. The Morgan fingerprint density at radius 1 is 1.29 bits per heavy atom. The second-order valence-electron chi connectivity index (χ2n) is 5.01. The lowest BCUT2D eigenvalue weighted by atomic mass is 9.84. The van der Waals surface area contributed by atoms with Crippen LogP contribution in [0.4, 0.5) is 0 Å². The standard InChI is InChI=1S/C12H21NO/c1-10(14)12-6-3-7-13(9-12)8-11-4-2-5-11/h11-12H,2-9H2,1H3. The largest absolute Gasteiger partial charge is 0.302 e. The zero-order valence-electron chi connectivity index (χ0n) is 9.17. The molecule has 1 unspecified atom stereocenters. The minimum atomic E-state index is 0.337. The predicted octanol–water partition coefficient (Wildman–Crippen LogP) is 2.09. The lowest BCUT2D eigenvalue weighted by Gasteiger charge is -2.36. The molecule has 0 spiro atoms. The normalized spacial score (nSPS) is 29.9. The molecular weight excluding hydrogens is 174 g/mol. The molecule has 2 fully saturated rings. The van der Waals surface area contributed by atoms with Gasteiger partial charge in [-0.25, -0.2) is 0 Å². The summed E-state index contributed by atoms with van der Waals surface area (Å²) in [5, 5.41) is 0. The molecule has 2 aliphatic rings. The number of hydrogen-bond acceptors (Lipinski definition) is 2. The van der Waals surface area contributed by atoms with Crippen LogP contribution in [0.2, 0.25) is 0 Å². The molecule has 2 heteroatoms. The highest BCUT2D eigenvalue weighted by Crippen LogP contribution is 2.28. The van der Waals surface area contributed by atoms with Crippen LogP contribution in [-0.4, -0.2) is 30.3 Å². The summed E-state index contributed by atoms with van der Waals surface area (Å²) in [6.45, 7) is 5.26. The Morgan fingerprint density at radius 3 is 2.64 bits per heavy atom. The van der Waals surface area contributed by atoms with E-state index in [2.05, 4.69) is 4.90 Å². The average molecular weight is 195 g/mol. The molecule has 1 aliphatic heterocycles. The Kier molecular flexibility index (Phi) is 3.22. The summed E-state index contributed by atoms with van der Waals surface area (Å²) in [5.74, 6) is 1.67. The Morgan fingerprint density at radius 2 is 2.07 bits per heavy atom. The van der Waals surface area contributed by atoms with Gasteiger partial charge in [0.2, 0.25) is 0 Å². The van der Waals surface area contributed by atoms with Gasteiger partial charge in [0.05, 0.1) is 0 Å². The third kappa shape index (κ3) is 2.35. The highest BCUT2D eigenvalue weighted by atomic mass is 16.1. The van der Waals surface area contributed by atoms with Gasteiger partial charge in [-0.3, -0.25) is 4.79 Å². The van der Waals surface area contributed by atoms with Crippen LogP contribution in [0.25, 0.3) is 0 Å². The summed E-state index contributed by atoms with van der Waals surface area (Å²) in [6.07, 6.45) is 6.60. The molecule has 80 valence electrons. The predicted molar refractivity (Wildman–Crippen MR) is 57.2 cm³/mol. The number of ketones is 1. The highest BCUT2D eigenvalue weighted by Gasteiger charge is 2.26. The fourth-order valence-corrected chi connectivity index (χ4v) is 2.59. The van der Waals surface area contributed by atoms with Crippen molar-refractivity contribution in [2.45, 2.75) is 39.0 Å². The Labute approximate surface area is 86.7 Å². The third-order valence-electron chi connectivity index (χ3n) is 3.82. The molecule has 1 saturated heterocycles. The topological polar surface area (TPSA) is 20.3 Å². The highest BCUT2D eigenvalue weighted by molar-refractivity contribution is 5.78. The van der Waals surface area contributed by atoms with Crippen LogP contribution in [-0.2, 0) is 4.79 Å². The zero-order valence-corrected chi connectivity index (χ0v) is 9.17. The van der Waals surface area contributed by atoms with E-state index in [4.69, 9.17) is 0 Å². The fourth-order valence-electron chi connectivity index (χ4n) is 2.59.